The fraction of sp³-hybridized carbons (Fsp3) is 0.647. The van der Waals surface area contributed by atoms with Crippen LogP contribution in [0.4, 0.5) is 0 Å². The summed E-state index contributed by atoms with van der Waals surface area (Å²) < 4.78 is 0. The van der Waals surface area contributed by atoms with Gasteiger partial charge in [0.25, 0.3) is 0 Å². The minimum absolute atomic E-state index is 0.692. The van der Waals surface area contributed by atoms with Crippen molar-refractivity contribution in [2.24, 2.45) is 0 Å². The lowest BCUT2D eigenvalue weighted by molar-refractivity contribution is 0.307. The van der Waals surface area contributed by atoms with E-state index in [1.54, 1.807) is 0 Å². The second kappa shape index (κ2) is 9.11. The number of nitrogens with zero attached hydrogens (tertiary/aromatic N) is 1. The predicted octanol–water partition coefficient (Wildman–Crippen LogP) is 3.60. The third kappa shape index (κ3) is 6.74. The molecule has 0 aliphatic rings. The Morgan fingerprint density at radius 2 is 2.05 bits per heavy atom. The highest BCUT2D eigenvalue weighted by atomic mass is 15.1. The summed E-state index contributed by atoms with van der Waals surface area (Å²) in [5.74, 6) is 0. The third-order valence-electron chi connectivity index (χ3n) is 3.61. The van der Waals surface area contributed by atoms with Gasteiger partial charge in [0.1, 0.15) is 0 Å². The Morgan fingerprint density at radius 3 is 2.68 bits per heavy atom. The minimum Gasteiger partial charge on any atom is -0.314 e. The van der Waals surface area contributed by atoms with E-state index in [0.717, 1.165) is 13.1 Å². The molecule has 1 N–H and O–H groups in total. The smallest absolute Gasteiger partial charge is 0.0230 e. The Kier molecular flexibility index (Phi) is 7.76. The maximum atomic E-state index is 3.54. The topological polar surface area (TPSA) is 15.3 Å². The van der Waals surface area contributed by atoms with Crippen molar-refractivity contribution in [3.05, 3.63) is 35.4 Å². The molecule has 108 valence electrons. The SMILES string of the molecule is CCNC(CC)CCCN(C)Cc1cccc(C)c1. The zero-order valence-corrected chi connectivity index (χ0v) is 13.1. The summed E-state index contributed by atoms with van der Waals surface area (Å²) in [5, 5.41) is 3.54. The molecule has 2 nitrogen and oxygen atoms in total. The van der Waals surface area contributed by atoms with Crippen molar-refractivity contribution in [3.63, 3.8) is 0 Å². The van der Waals surface area contributed by atoms with Gasteiger partial charge in [-0.05, 0) is 51.9 Å². The van der Waals surface area contributed by atoms with Gasteiger partial charge in [-0.2, -0.15) is 0 Å². The first-order valence-corrected chi connectivity index (χ1v) is 7.63. The molecule has 1 aromatic rings. The van der Waals surface area contributed by atoms with Gasteiger partial charge >= 0.3 is 0 Å². The molecule has 0 aromatic heterocycles. The lowest BCUT2D eigenvalue weighted by Crippen LogP contribution is -2.29. The molecule has 19 heavy (non-hydrogen) atoms. The number of hydrogen-bond acceptors (Lipinski definition) is 2. The van der Waals surface area contributed by atoms with Crippen LogP contribution in [0.5, 0.6) is 0 Å². The van der Waals surface area contributed by atoms with Gasteiger partial charge in [-0.15, -0.1) is 0 Å². The van der Waals surface area contributed by atoms with Crippen molar-refractivity contribution in [1.82, 2.24) is 10.2 Å². The van der Waals surface area contributed by atoms with Crippen molar-refractivity contribution in [3.8, 4) is 0 Å². The highest BCUT2D eigenvalue weighted by Crippen LogP contribution is 2.08. The Hall–Kier alpha value is -0.860. The van der Waals surface area contributed by atoms with Crippen molar-refractivity contribution in [2.45, 2.75) is 52.6 Å². The van der Waals surface area contributed by atoms with Gasteiger partial charge in [-0.25, -0.2) is 0 Å². The molecule has 0 amide bonds. The average molecular weight is 262 g/mol. The van der Waals surface area contributed by atoms with Crippen LogP contribution in [0.1, 0.15) is 44.2 Å². The Labute approximate surface area is 119 Å². The maximum absolute atomic E-state index is 3.54. The monoisotopic (exact) mass is 262 g/mol. The number of nitrogens with one attached hydrogen (secondary N) is 1. The van der Waals surface area contributed by atoms with Crippen LogP contribution < -0.4 is 5.32 Å². The summed E-state index contributed by atoms with van der Waals surface area (Å²) in [4.78, 5) is 2.42. The summed E-state index contributed by atoms with van der Waals surface area (Å²) in [7, 11) is 2.22. The van der Waals surface area contributed by atoms with Gasteiger partial charge in [0.15, 0.2) is 0 Å². The van der Waals surface area contributed by atoms with Crippen LogP contribution in [0.3, 0.4) is 0 Å². The van der Waals surface area contributed by atoms with Crippen molar-refractivity contribution >= 4 is 0 Å². The van der Waals surface area contributed by atoms with Crippen molar-refractivity contribution < 1.29 is 0 Å². The Bertz CT molecular complexity index is 349. The lowest BCUT2D eigenvalue weighted by atomic mass is 10.1. The van der Waals surface area contributed by atoms with E-state index < -0.39 is 0 Å². The van der Waals surface area contributed by atoms with Crippen LogP contribution in [0, 0.1) is 6.92 Å². The first kappa shape index (κ1) is 16.2. The fourth-order valence-corrected chi connectivity index (χ4v) is 2.55. The normalized spacial score (nSPS) is 12.9. The molecule has 1 aromatic carbocycles. The first-order valence-electron chi connectivity index (χ1n) is 7.63. The van der Waals surface area contributed by atoms with E-state index in [4.69, 9.17) is 0 Å². The molecule has 1 atom stereocenters. The molecule has 0 heterocycles. The highest BCUT2D eigenvalue weighted by Gasteiger charge is 2.05. The molecule has 0 aliphatic carbocycles. The number of benzene rings is 1. The van der Waals surface area contributed by atoms with Crippen LogP contribution in [-0.4, -0.2) is 31.1 Å². The van der Waals surface area contributed by atoms with E-state index in [2.05, 4.69) is 62.3 Å². The van der Waals surface area contributed by atoms with Crippen LogP contribution in [0.2, 0.25) is 0 Å². The standard InChI is InChI=1S/C17H30N2/c1-5-17(18-6-2)11-8-12-19(4)14-16-10-7-9-15(3)13-16/h7,9-10,13,17-18H,5-6,8,11-12,14H2,1-4H3. The predicted molar refractivity (Wildman–Crippen MR) is 84.5 cm³/mol. The summed E-state index contributed by atoms with van der Waals surface area (Å²) in [6.45, 7) is 9.93. The number of hydrogen-bond donors (Lipinski definition) is 1. The van der Waals surface area contributed by atoms with Gasteiger partial charge < -0.3 is 10.2 Å². The zero-order valence-electron chi connectivity index (χ0n) is 13.1. The highest BCUT2D eigenvalue weighted by molar-refractivity contribution is 5.21. The quantitative estimate of drug-likeness (QED) is 0.731. The molecule has 0 saturated heterocycles. The van der Waals surface area contributed by atoms with Gasteiger partial charge in [0, 0.05) is 12.6 Å². The molecule has 0 saturated carbocycles. The van der Waals surface area contributed by atoms with Crippen molar-refractivity contribution in [1.29, 1.82) is 0 Å². The van der Waals surface area contributed by atoms with Gasteiger partial charge in [0.05, 0.1) is 0 Å². The zero-order chi connectivity index (χ0) is 14.1. The third-order valence-corrected chi connectivity index (χ3v) is 3.61. The number of rotatable bonds is 9. The molecule has 0 bridgehead atoms. The van der Waals surface area contributed by atoms with Crippen LogP contribution in [0.25, 0.3) is 0 Å². The van der Waals surface area contributed by atoms with E-state index in [1.165, 1.54) is 36.9 Å². The molecule has 0 radical (unpaired) electrons. The van der Waals surface area contributed by atoms with E-state index in [9.17, 15) is 0 Å². The molecule has 0 aliphatic heterocycles. The minimum atomic E-state index is 0.692. The van der Waals surface area contributed by atoms with Crippen LogP contribution in [0.15, 0.2) is 24.3 Å². The molecule has 1 rings (SSSR count). The van der Waals surface area contributed by atoms with E-state index in [0.29, 0.717) is 6.04 Å². The van der Waals surface area contributed by atoms with E-state index in [-0.39, 0.29) is 0 Å². The lowest BCUT2D eigenvalue weighted by Gasteiger charge is -2.20. The molecular formula is C17H30N2. The van der Waals surface area contributed by atoms with Gasteiger partial charge in [-0.3, -0.25) is 0 Å². The summed E-state index contributed by atoms with van der Waals surface area (Å²) in [5.41, 5.74) is 2.77. The van der Waals surface area contributed by atoms with Crippen LogP contribution in [-0.2, 0) is 6.54 Å². The fourth-order valence-electron chi connectivity index (χ4n) is 2.55. The van der Waals surface area contributed by atoms with Gasteiger partial charge in [-0.1, -0.05) is 43.7 Å². The Morgan fingerprint density at radius 1 is 1.26 bits per heavy atom. The number of aryl methyl sites for hydroxylation is 1. The maximum Gasteiger partial charge on any atom is 0.0230 e. The second-order valence-electron chi connectivity index (χ2n) is 5.53. The molecule has 0 fully saturated rings. The first-order chi connectivity index (χ1) is 9.15. The molecular weight excluding hydrogens is 232 g/mol. The summed E-state index contributed by atoms with van der Waals surface area (Å²) in [6.07, 6.45) is 3.78. The molecule has 2 heteroatoms. The van der Waals surface area contributed by atoms with Crippen molar-refractivity contribution in [2.75, 3.05) is 20.1 Å². The summed E-state index contributed by atoms with van der Waals surface area (Å²) in [6, 6.07) is 9.50. The molecule has 0 spiro atoms. The van der Waals surface area contributed by atoms with E-state index >= 15 is 0 Å². The van der Waals surface area contributed by atoms with E-state index in [1.807, 2.05) is 0 Å². The Balaban J connectivity index is 2.26. The van der Waals surface area contributed by atoms with Crippen LogP contribution >= 0.6 is 0 Å². The van der Waals surface area contributed by atoms with Gasteiger partial charge in [0.2, 0.25) is 0 Å². The average Bonchev–Trinajstić information content (AvgIpc) is 2.37. The largest absolute Gasteiger partial charge is 0.314 e. The second-order valence-corrected chi connectivity index (χ2v) is 5.53. The summed E-state index contributed by atoms with van der Waals surface area (Å²) >= 11 is 0. The molecule has 1 unspecified atom stereocenters.